The van der Waals surface area contributed by atoms with Gasteiger partial charge in [0, 0.05) is 5.56 Å². The third-order valence-electron chi connectivity index (χ3n) is 2.53. The third kappa shape index (κ3) is 3.57. The summed E-state index contributed by atoms with van der Waals surface area (Å²) in [5, 5.41) is 0. The van der Waals surface area contributed by atoms with Crippen LogP contribution in [0.15, 0.2) is 30.4 Å². The summed E-state index contributed by atoms with van der Waals surface area (Å²) in [6, 6.07) is 5.22. The van der Waals surface area contributed by atoms with Gasteiger partial charge in [0.2, 0.25) is 0 Å². The molecule has 0 aliphatic rings. The van der Waals surface area contributed by atoms with E-state index >= 15 is 0 Å². The van der Waals surface area contributed by atoms with E-state index in [1.54, 1.807) is 18.1 Å². The monoisotopic (exact) mass is 260 g/mol. The van der Waals surface area contributed by atoms with Crippen molar-refractivity contribution in [3.63, 3.8) is 0 Å². The minimum absolute atomic E-state index is 0.165. The Morgan fingerprint density at radius 2 is 2.16 bits per heavy atom. The maximum absolute atomic E-state index is 11.5. The lowest BCUT2D eigenvalue weighted by molar-refractivity contribution is -0.133. The van der Waals surface area contributed by atoms with Crippen molar-refractivity contribution in [2.75, 3.05) is 13.7 Å². The first-order valence-corrected chi connectivity index (χ1v) is 5.83. The van der Waals surface area contributed by atoms with Crippen LogP contribution in [0.5, 0.6) is 5.75 Å². The molecule has 0 fully saturated rings. The van der Waals surface area contributed by atoms with Crippen molar-refractivity contribution in [3.05, 3.63) is 41.5 Å². The number of allylic oxidation sites excluding steroid dienone is 1. The van der Waals surface area contributed by atoms with Gasteiger partial charge in [0.1, 0.15) is 18.3 Å². The molecular weight excluding hydrogens is 244 g/mol. The molecule has 0 radical (unpaired) electrons. The number of carbonyl (C=O) groups excluding carboxylic acids is 2. The first-order chi connectivity index (χ1) is 9.15. The first-order valence-electron chi connectivity index (χ1n) is 5.83. The summed E-state index contributed by atoms with van der Waals surface area (Å²) in [5.41, 5.74) is 1.06. The maximum atomic E-state index is 11.5. The first kappa shape index (κ1) is 14.7. The fourth-order valence-corrected chi connectivity index (χ4v) is 1.58. The highest BCUT2D eigenvalue weighted by atomic mass is 16.5. The van der Waals surface area contributed by atoms with Crippen LogP contribution in [-0.4, -0.2) is 25.6 Å². The highest BCUT2D eigenvalue weighted by Crippen LogP contribution is 2.29. The summed E-state index contributed by atoms with van der Waals surface area (Å²) < 4.78 is 10.2. The Bertz CT molecular complexity index is 537. The molecule has 0 unspecified atom stereocenters. The number of ether oxygens (including phenoxy) is 2. The normalized spacial score (nSPS) is 10.1. The van der Waals surface area contributed by atoms with E-state index in [1.165, 1.54) is 7.11 Å². The molecule has 0 heterocycles. The van der Waals surface area contributed by atoms with Gasteiger partial charge in [0.25, 0.3) is 0 Å². The van der Waals surface area contributed by atoms with Crippen molar-refractivity contribution in [3.8, 4) is 5.75 Å². The molecule has 4 heteroatoms. The molecule has 0 N–H and O–H groups in total. The van der Waals surface area contributed by atoms with Crippen LogP contribution in [0.1, 0.15) is 18.1 Å². The number of esters is 1. The van der Waals surface area contributed by atoms with Gasteiger partial charge in [-0.05, 0) is 25.5 Å². The number of hydrogen-bond donors (Lipinski definition) is 0. The summed E-state index contributed by atoms with van der Waals surface area (Å²) in [4.78, 5) is 22.5. The molecule has 100 valence electrons. The number of para-hydroxylation sites is 1. The van der Waals surface area contributed by atoms with Crippen molar-refractivity contribution >= 4 is 17.5 Å². The summed E-state index contributed by atoms with van der Waals surface area (Å²) in [7, 11) is 1.22. The summed E-state index contributed by atoms with van der Waals surface area (Å²) >= 11 is 0. The van der Waals surface area contributed by atoms with E-state index in [0.717, 1.165) is 5.56 Å². The SMILES string of the molecule is C/C=C/COc1c(C)cccc1C(=C=O)C(=O)OC. The molecular formula is C15H16O4. The molecule has 4 nitrogen and oxygen atoms in total. The Morgan fingerprint density at radius 3 is 2.74 bits per heavy atom. The van der Waals surface area contributed by atoms with Gasteiger partial charge < -0.3 is 9.47 Å². The lowest BCUT2D eigenvalue weighted by Gasteiger charge is -2.12. The minimum atomic E-state index is -0.725. The largest absolute Gasteiger partial charge is 0.489 e. The van der Waals surface area contributed by atoms with Gasteiger partial charge in [-0.15, -0.1) is 0 Å². The molecule has 19 heavy (non-hydrogen) atoms. The Labute approximate surface area is 112 Å². The molecule has 0 bridgehead atoms. The van der Waals surface area contributed by atoms with Crippen LogP contribution in [0.4, 0.5) is 0 Å². The Morgan fingerprint density at radius 1 is 1.42 bits per heavy atom. The molecule has 1 aromatic carbocycles. The zero-order valence-corrected chi connectivity index (χ0v) is 11.2. The quantitative estimate of drug-likeness (QED) is 0.353. The van der Waals surface area contributed by atoms with Gasteiger partial charge in [0.15, 0.2) is 5.57 Å². The molecule has 1 aromatic rings. The van der Waals surface area contributed by atoms with Crippen molar-refractivity contribution in [1.29, 1.82) is 0 Å². The van der Waals surface area contributed by atoms with Gasteiger partial charge in [-0.1, -0.05) is 24.3 Å². The van der Waals surface area contributed by atoms with E-state index in [-0.39, 0.29) is 5.57 Å². The van der Waals surface area contributed by atoms with Gasteiger partial charge >= 0.3 is 5.97 Å². The minimum Gasteiger partial charge on any atom is -0.489 e. The van der Waals surface area contributed by atoms with Gasteiger partial charge in [0.05, 0.1) is 7.11 Å². The zero-order chi connectivity index (χ0) is 14.3. The number of carbonyl (C=O) groups is 1. The maximum Gasteiger partial charge on any atom is 0.349 e. The topological polar surface area (TPSA) is 52.6 Å². The van der Waals surface area contributed by atoms with E-state index in [9.17, 15) is 9.59 Å². The Hall–Kier alpha value is -2.32. The van der Waals surface area contributed by atoms with Crippen LogP contribution >= 0.6 is 0 Å². The van der Waals surface area contributed by atoms with E-state index in [4.69, 9.17) is 4.74 Å². The molecule has 0 saturated heterocycles. The van der Waals surface area contributed by atoms with Crippen LogP contribution in [0.3, 0.4) is 0 Å². The number of benzene rings is 1. The number of rotatable bonds is 5. The standard InChI is InChI=1S/C15H16O4/c1-4-5-9-19-14-11(2)7-6-8-12(14)13(10-16)15(17)18-3/h4-8H,9H2,1-3H3/b5-4+. The van der Waals surface area contributed by atoms with Crippen LogP contribution in [0.25, 0.3) is 5.57 Å². The molecule has 0 atom stereocenters. The smallest absolute Gasteiger partial charge is 0.349 e. The van der Waals surface area contributed by atoms with Crippen LogP contribution in [0.2, 0.25) is 0 Å². The highest BCUT2D eigenvalue weighted by Gasteiger charge is 2.19. The zero-order valence-electron chi connectivity index (χ0n) is 11.2. The Kier molecular flexibility index (Phi) is 5.58. The molecule has 0 spiro atoms. The van der Waals surface area contributed by atoms with Crippen molar-refractivity contribution < 1.29 is 19.1 Å². The summed E-state index contributed by atoms with van der Waals surface area (Å²) in [5.74, 6) is 1.39. The van der Waals surface area contributed by atoms with Crippen molar-refractivity contribution in [2.45, 2.75) is 13.8 Å². The second kappa shape index (κ2) is 7.19. The number of aryl methyl sites for hydroxylation is 1. The van der Waals surface area contributed by atoms with E-state index in [1.807, 2.05) is 32.1 Å². The van der Waals surface area contributed by atoms with Gasteiger partial charge in [-0.25, -0.2) is 9.59 Å². The second-order valence-corrected chi connectivity index (χ2v) is 3.80. The van der Waals surface area contributed by atoms with Crippen LogP contribution in [-0.2, 0) is 14.3 Å². The summed E-state index contributed by atoms with van der Waals surface area (Å²) in [6.45, 7) is 4.09. The molecule has 0 amide bonds. The fourth-order valence-electron chi connectivity index (χ4n) is 1.58. The molecule has 1 rings (SSSR count). The lowest BCUT2D eigenvalue weighted by atomic mass is 10.0. The second-order valence-electron chi connectivity index (χ2n) is 3.80. The molecule has 0 saturated carbocycles. The van der Waals surface area contributed by atoms with Gasteiger partial charge in [-0.3, -0.25) is 0 Å². The average molecular weight is 260 g/mol. The fraction of sp³-hybridized carbons (Fsp3) is 0.267. The molecule has 0 aromatic heterocycles. The number of methoxy groups -OCH3 is 1. The third-order valence-corrected chi connectivity index (χ3v) is 2.53. The lowest BCUT2D eigenvalue weighted by Crippen LogP contribution is -2.07. The van der Waals surface area contributed by atoms with E-state index in [0.29, 0.717) is 17.9 Å². The average Bonchev–Trinajstić information content (AvgIpc) is 2.42. The van der Waals surface area contributed by atoms with Crippen molar-refractivity contribution in [1.82, 2.24) is 0 Å². The highest BCUT2D eigenvalue weighted by molar-refractivity contribution is 6.25. The van der Waals surface area contributed by atoms with Crippen LogP contribution in [0, 0.1) is 6.92 Å². The van der Waals surface area contributed by atoms with Crippen molar-refractivity contribution in [2.24, 2.45) is 0 Å². The Balaban J connectivity index is 3.23. The molecule has 0 aliphatic heterocycles. The van der Waals surface area contributed by atoms with Gasteiger partial charge in [-0.2, -0.15) is 0 Å². The predicted octanol–water partition coefficient (Wildman–Crippen LogP) is 2.34. The molecule has 0 aliphatic carbocycles. The number of hydrogen-bond acceptors (Lipinski definition) is 4. The van der Waals surface area contributed by atoms with E-state index in [2.05, 4.69) is 4.74 Å². The van der Waals surface area contributed by atoms with Crippen LogP contribution < -0.4 is 4.74 Å². The summed E-state index contributed by atoms with van der Waals surface area (Å²) in [6.07, 6.45) is 3.69. The predicted molar refractivity (Wildman–Crippen MR) is 72.6 cm³/mol. The van der Waals surface area contributed by atoms with E-state index < -0.39 is 5.97 Å².